The average Bonchev–Trinajstić information content (AvgIpc) is 3.29. The van der Waals surface area contributed by atoms with Gasteiger partial charge < -0.3 is 31.5 Å². The number of aromatic nitrogens is 4. The van der Waals surface area contributed by atoms with Crippen LogP contribution in [0.4, 0.5) is 17.3 Å². The Morgan fingerprint density at radius 1 is 1.24 bits per heavy atom. The summed E-state index contributed by atoms with van der Waals surface area (Å²) in [5.74, 6) is -0.148. The molecule has 2 aromatic heterocycles. The topological polar surface area (TPSA) is 172 Å². The molecule has 1 aromatic carbocycles. The molecule has 0 spiro atoms. The Balaban J connectivity index is 1.50. The summed E-state index contributed by atoms with van der Waals surface area (Å²) in [7, 11) is 1.78. The van der Waals surface area contributed by atoms with E-state index in [0.717, 1.165) is 12.8 Å². The van der Waals surface area contributed by atoms with E-state index < -0.39 is 18.1 Å². The summed E-state index contributed by atoms with van der Waals surface area (Å²) in [6, 6.07) is 6.26. The van der Waals surface area contributed by atoms with Crippen molar-refractivity contribution in [3.63, 3.8) is 0 Å². The molecular formula is C25H32N8O4. The fourth-order valence-corrected chi connectivity index (χ4v) is 4.39. The molecule has 1 saturated heterocycles. The fourth-order valence-electron chi connectivity index (χ4n) is 4.39. The Labute approximate surface area is 214 Å². The molecule has 3 atom stereocenters. The lowest BCUT2D eigenvalue weighted by Gasteiger charge is -2.40. The van der Waals surface area contributed by atoms with E-state index in [1.807, 2.05) is 11.8 Å². The van der Waals surface area contributed by atoms with Crippen LogP contribution in [0.2, 0.25) is 0 Å². The van der Waals surface area contributed by atoms with E-state index in [0.29, 0.717) is 29.2 Å². The summed E-state index contributed by atoms with van der Waals surface area (Å²) in [6.07, 6.45) is 6.46. The van der Waals surface area contributed by atoms with E-state index >= 15 is 0 Å². The van der Waals surface area contributed by atoms with Gasteiger partial charge in [-0.25, -0.2) is 9.97 Å². The minimum Gasteiger partial charge on any atom is -0.393 e. The van der Waals surface area contributed by atoms with Gasteiger partial charge in [-0.05, 0) is 44.4 Å². The second-order valence-electron chi connectivity index (χ2n) is 9.48. The van der Waals surface area contributed by atoms with Crippen LogP contribution in [-0.4, -0.2) is 67.0 Å². The number of carbonyl (C=O) groups excluding carboxylic acids is 2. The van der Waals surface area contributed by atoms with Crippen molar-refractivity contribution in [1.29, 1.82) is 0 Å². The summed E-state index contributed by atoms with van der Waals surface area (Å²) in [5, 5.41) is 29.8. The molecule has 1 fully saturated rings. The van der Waals surface area contributed by atoms with Crippen molar-refractivity contribution >= 4 is 29.1 Å². The van der Waals surface area contributed by atoms with Crippen molar-refractivity contribution in [3.05, 3.63) is 59.7 Å². The first-order chi connectivity index (χ1) is 17.6. The molecule has 0 unspecified atom stereocenters. The third-order valence-electron chi connectivity index (χ3n) is 6.64. The molecule has 0 aliphatic carbocycles. The predicted octanol–water partition coefficient (Wildman–Crippen LogP) is 1.04. The smallest absolute Gasteiger partial charge is 0.271 e. The Hall–Kier alpha value is -4.03. The van der Waals surface area contributed by atoms with Crippen LogP contribution in [0.3, 0.4) is 0 Å². The van der Waals surface area contributed by atoms with Crippen molar-refractivity contribution in [2.24, 2.45) is 12.8 Å². The number of rotatable bonds is 8. The highest BCUT2D eigenvalue weighted by atomic mass is 16.3. The number of piperidine rings is 1. The molecule has 0 radical (unpaired) electrons. The summed E-state index contributed by atoms with van der Waals surface area (Å²) < 4.78 is 1.62. The van der Waals surface area contributed by atoms with Crippen LogP contribution in [0.1, 0.15) is 53.1 Å². The number of aliphatic hydroxyl groups is 2. The molecule has 0 bridgehead atoms. The van der Waals surface area contributed by atoms with E-state index in [-0.39, 0.29) is 29.5 Å². The van der Waals surface area contributed by atoms with Crippen LogP contribution in [0.5, 0.6) is 0 Å². The molecule has 12 nitrogen and oxygen atoms in total. The third-order valence-corrected chi connectivity index (χ3v) is 6.64. The molecule has 6 N–H and O–H groups in total. The van der Waals surface area contributed by atoms with Crippen LogP contribution < -0.4 is 21.3 Å². The number of hydrogen-bond donors (Lipinski definition) is 5. The van der Waals surface area contributed by atoms with E-state index in [1.165, 1.54) is 13.1 Å². The number of aryl methyl sites for hydroxylation is 1. The molecule has 196 valence electrons. The van der Waals surface area contributed by atoms with Crippen molar-refractivity contribution in [3.8, 4) is 0 Å². The number of hydrogen-bond acceptors (Lipinski definition) is 9. The molecule has 2 amide bonds. The lowest BCUT2D eigenvalue weighted by molar-refractivity contribution is -0.00229. The highest BCUT2D eigenvalue weighted by molar-refractivity contribution is 5.96. The first-order valence-corrected chi connectivity index (χ1v) is 12.0. The number of nitrogens with zero attached hydrogens (tertiary/aromatic N) is 5. The summed E-state index contributed by atoms with van der Waals surface area (Å²) in [6.45, 7) is 3.80. The van der Waals surface area contributed by atoms with Gasteiger partial charge in [0.2, 0.25) is 0 Å². The van der Waals surface area contributed by atoms with E-state index in [9.17, 15) is 19.8 Å². The fraction of sp³-hybridized carbons (Fsp3) is 0.400. The minimum atomic E-state index is -1.37. The zero-order valence-electron chi connectivity index (χ0n) is 21.0. The van der Waals surface area contributed by atoms with Gasteiger partial charge in [0.15, 0.2) is 11.5 Å². The van der Waals surface area contributed by atoms with Gasteiger partial charge in [-0.1, -0.05) is 12.1 Å². The van der Waals surface area contributed by atoms with Crippen molar-refractivity contribution in [2.75, 3.05) is 23.4 Å². The molecule has 12 heteroatoms. The normalized spacial score (nSPS) is 19.2. The Bertz CT molecular complexity index is 1270. The summed E-state index contributed by atoms with van der Waals surface area (Å²) >= 11 is 0. The number of nitrogens with two attached hydrogens (primary N) is 1. The SMILES string of the molecule is C[C@@H]1[C@H](NC(=O)c2ccc([C@@](C)(O)CO)cc2)CCCN1c1cnc(C(N)=O)c(Nc2cnn(C)c2)n1. The lowest BCUT2D eigenvalue weighted by atomic mass is 9.95. The third kappa shape index (κ3) is 5.70. The summed E-state index contributed by atoms with van der Waals surface area (Å²) in [5.41, 5.74) is 5.78. The predicted molar refractivity (Wildman–Crippen MR) is 137 cm³/mol. The van der Waals surface area contributed by atoms with Gasteiger partial charge >= 0.3 is 0 Å². The van der Waals surface area contributed by atoms with Crippen LogP contribution in [0.25, 0.3) is 0 Å². The Morgan fingerprint density at radius 2 is 1.97 bits per heavy atom. The standard InChI is InChI=1S/C25H32N8O4/c1-15-19(30-24(36)16-6-8-17(9-7-16)25(2,37)14-34)5-4-10-33(15)20-12-27-21(22(26)35)23(31-20)29-18-11-28-32(3)13-18/h6-9,11-13,15,19,34,37H,4-5,10,14H2,1-3H3,(H2,26,35)(H,29,31)(H,30,36)/t15-,19-,25+/m1/s1. The molecule has 3 aromatic rings. The van der Waals surface area contributed by atoms with Gasteiger partial charge in [-0.3, -0.25) is 14.3 Å². The number of nitrogens with one attached hydrogen (secondary N) is 2. The van der Waals surface area contributed by atoms with Gasteiger partial charge in [0.1, 0.15) is 11.4 Å². The lowest BCUT2D eigenvalue weighted by Crippen LogP contribution is -2.54. The van der Waals surface area contributed by atoms with Gasteiger partial charge in [-0.2, -0.15) is 5.10 Å². The second-order valence-corrected chi connectivity index (χ2v) is 9.48. The number of primary amides is 1. The zero-order chi connectivity index (χ0) is 26.7. The molecule has 1 aliphatic heterocycles. The molecule has 0 saturated carbocycles. The highest BCUT2D eigenvalue weighted by Crippen LogP contribution is 2.27. The first kappa shape index (κ1) is 26.0. The van der Waals surface area contributed by atoms with E-state index in [2.05, 4.69) is 25.7 Å². The zero-order valence-corrected chi connectivity index (χ0v) is 21.0. The maximum atomic E-state index is 13.0. The van der Waals surface area contributed by atoms with Crippen molar-refractivity contribution < 1.29 is 19.8 Å². The largest absolute Gasteiger partial charge is 0.393 e. The highest BCUT2D eigenvalue weighted by Gasteiger charge is 2.31. The van der Waals surface area contributed by atoms with Crippen molar-refractivity contribution in [1.82, 2.24) is 25.1 Å². The van der Waals surface area contributed by atoms with Crippen molar-refractivity contribution in [2.45, 2.75) is 44.4 Å². The Kier molecular flexibility index (Phi) is 7.41. The van der Waals surface area contributed by atoms with E-state index in [4.69, 9.17) is 5.73 Å². The molecule has 1 aliphatic rings. The minimum absolute atomic E-state index is 0.0192. The second kappa shape index (κ2) is 10.5. The number of carbonyl (C=O) groups is 2. The van der Waals surface area contributed by atoms with Gasteiger partial charge in [-0.15, -0.1) is 0 Å². The maximum Gasteiger partial charge on any atom is 0.271 e. The first-order valence-electron chi connectivity index (χ1n) is 12.0. The average molecular weight is 509 g/mol. The van der Waals surface area contributed by atoms with Crippen LogP contribution in [0.15, 0.2) is 42.9 Å². The van der Waals surface area contributed by atoms with Crippen LogP contribution in [0, 0.1) is 0 Å². The van der Waals surface area contributed by atoms with Crippen LogP contribution >= 0.6 is 0 Å². The molecule has 37 heavy (non-hydrogen) atoms. The molecule has 4 rings (SSSR count). The maximum absolute atomic E-state index is 13.0. The van der Waals surface area contributed by atoms with Gasteiger partial charge in [0.25, 0.3) is 11.8 Å². The quantitative estimate of drug-likeness (QED) is 0.298. The summed E-state index contributed by atoms with van der Waals surface area (Å²) in [4.78, 5) is 35.9. The number of benzene rings is 1. The van der Waals surface area contributed by atoms with Gasteiger partial charge in [0.05, 0.1) is 24.7 Å². The monoisotopic (exact) mass is 508 g/mol. The van der Waals surface area contributed by atoms with E-state index in [1.54, 1.807) is 48.4 Å². The molecular weight excluding hydrogens is 476 g/mol. The number of aliphatic hydroxyl groups excluding tert-OH is 1. The van der Waals surface area contributed by atoms with Crippen LogP contribution in [-0.2, 0) is 12.6 Å². The van der Waals surface area contributed by atoms with Gasteiger partial charge in [0, 0.05) is 37.4 Å². The number of amides is 2. The molecule has 3 heterocycles. The Morgan fingerprint density at radius 3 is 2.59 bits per heavy atom. The number of anilines is 3.